The SMILES string of the molecule is CC(C)c1ccc(S(=O)(=O)N(CCN2CCCC2)C2CCCNC2)cc1. The maximum atomic E-state index is 13.4. The van der Waals surface area contributed by atoms with Crippen LogP contribution in [0.3, 0.4) is 0 Å². The summed E-state index contributed by atoms with van der Waals surface area (Å²) in [6, 6.07) is 7.53. The second-order valence-corrected chi connectivity index (χ2v) is 9.78. The molecule has 2 aliphatic heterocycles. The first-order valence-corrected chi connectivity index (χ1v) is 11.5. The Labute approximate surface area is 158 Å². The van der Waals surface area contributed by atoms with Crippen LogP contribution in [0.2, 0.25) is 0 Å². The number of nitrogens with one attached hydrogen (secondary N) is 1. The summed E-state index contributed by atoms with van der Waals surface area (Å²) in [5, 5.41) is 3.37. The fourth-order valence-electron chi connectivity index (χ4n) is 3.98. The summed E-state index contributed by atoms with van der Waals surface area (Å²) >= 11 is 0. The van der Waals surface area contributed by atoms with E-state index in [2.05, 4.69) is 24.1 Å². The molecule has 2 saturated heterocycles. The van der Waals surface area contributed by atoms with Crippen LogP contribution in [0, 0.1) is 0 Å². The van der Waals surface area contributed by atoms with Crippen LogP contribution in [-0.2, 0) is 10.0 Å². The molecule has 2 heterocycles. The molecule has 1 N–H and O–H groups in total. The van der Waals surface area contributed by atoms with Crippen molar-refractivity contribution in [1.82, 2.24) is 14.5 Å². The molecule has 0 aliphatic carbocycles. The van der Waals surface area contributed by atoms with Crippen LogP contribution in [0.5, 0.6) is 0 Å². The van der Waals surface area contributed by atoms with Crippen molar-refractivity contribution in [2.24, 2.45) is 0 Å². The summed E-state index contributed by atoms with van der Waals surface area (Å²) in [6.07, 6.45) is 4.44. The maximum Gasteiger partial charge on any atom is 0.243 e. The molecule has 26 heavy (non-hydrogen) atoms. The Balaban J connectivity index is 1.80. The summed E-state index contributed by atoms with van der Waals surface area (Å²) in [5.41, 5.74) is 1.17. The van der Waals surface area contributed by atoms with Crippen LogP contribution >= 0.6 is 0 Å². The predicted molar refractivity (Wildman–Crippen MR) is 106 cm³/mol. The standard InChI is InChI=1S/C20H33N3O2S/c1-17(2)18-7-9-20(10-8-18)26(24,25)23(19-6-5-11-21-16-19)15-14-22-12-3-4-13-22/h7-10,17,19,21H,3-6,11-16H2,1-2H3. The van der Waals surface area contributed by atoms with Gasteiger partial charge < -0.3 is 10.2 Å². The Kier molecular flexibility index (Phi) is 6.72. The quantitative estimate of drug-likeness (QED) is 0.791. The molecule has 1 atom stereocenters. The van der Waals surface area contributed by atoms with Crippen molar-refractivity contribution in [2.75, 3.05) is 39.3 Å². The van der Waals surface area contributed by atoms with E-state index in [4.69, 9.17) is 0 Å². The summed E-state index contributed by atoms with van der Waals surface area (Å²) in [5.74, 6) is 0.403. The lowest BCUT2D eigenvalue weighted by atomic mass is 10.0. The minimum atomic E-state index is -3.47. The lowest BCUT2D eigenvalue weighted by Crippen LogP contribution is -2.50. The van der Waals surface area contributed by atoms with E-state index in [0.29, 0.717) is 17.4 Å². The molecule has 2 fully saturated rings. The summed E-state index contributed by atoms with van der Waals surface area (Å²) in [6.45, 7) is 9.60. The number of nitrogens with zero attached hydrogens (tertiary/aromatic N) is 2. The lowest BCUT2D eigenvalue weighted by Gasteiger charge is -2.34. The normalized spacial score (nSPS) is 22.4. The van der Waals surface area contributed by atoms with Gasteiger partial charge >= 0.3 is 0 Å². The molecule has 1 aromatic rings. The topological polar surface area (TPSA) is 52.7 Å². The third-order valence-corrected chi connectivity index (χ3v) is 7.63. The van der Waals surface area contributed by atoms with Gasteiger partial charge in [-0.15, -0.1) is 0 Å². The van der Waals surface area contributed by atoms with Gasteiger partial charge in [0, 0.05) is 25.7 Å². The van der Waals surface area contributed by atoms with Crippen molar-refractivity contribution in [2.45, 2.75) is 56.4 Å². The monoisotopic (exact) mass is 379 g/mol. The first-order chi connectivity index (χ1) is 12.5. The van der Waals surface area contributed by atoms with E-state index >= 15 is 0 Å². The van der Waals surface area contributed by atoms with Crippen molar-refractivity contribution in [1.29, 1.82) is 0 Å². The third-order valence-electron chi connectivity index (χ3n) is 5.67. The molecule has 3 rings (SSSR count). The van der Waals surface area contributed by atoms with Gasteiger partial charge in [0.05, 0.1) is 4.90 Å². The largest absolute Gasteiger partial charge is 0.315 e. The third kappa shape index (κ3) is 4.66. The zero-order valence-corrected chi connectivity index (χ0v) is 17.0. The Bertz CT molecular complexity index is 661. The molecular weight excluding hydrogens is 346 g/mol. The Hall–Kier alpha value is -0.950. The fourth-order valence-corrected chi connectivity index (χ4v) is 5.63. The van der Waals surface area contributed by atoms with E-state index < -0.39 is 10.0 Å². The van der Waals surface area contributed by atoms with Gasteiger partial charge in [0.2, 0.25) is 10.0 Å². The van der Waals surface area contributed by atoms with Crippen LogP contribution in [-0.4, -0.2) is 62.9 Å². The first-order valence-electron chi connectivity index (χ1n) is 10.0. The second kappa shape index (κ2) is 8.83. The van der Waals surface area contributed by atoms with Crippen LogP contribution in [0.25, 0.3) is 0 Å². The van der Waals surface area contributed by atoms with Crippen LogP contribution < -0.4 is 5.32 Å². The molecule has 0 radical (unpaired) electrons. The number of piperidine rings is 1. The number of rotatable bonds is 7. The molecule has 1 unspecified atom stereocenters. The maximum absolute atomic E-state index is 13.4. The molecule has 0 aromatic heterocycles. The molecule has 6 heteroatoms. The van der Waals surface area contributed by atoms with E-state index in [-0.39, 0.29) is 6.04 Å². The molecule has 0 saturated carbocycles. The minimum absolute atomic E-state index is 0.0566. The summed E-state index contributed by atoms with van der Waals surface area (Å²) in [4.78, 5) is 2.81. The van der Waals surface area contributed by atoms with E-state index in [0.717, 1.165) is 45.6 Å². The van der Waals surface area contributed by atoms with Crippen molar-refractivity contribution < 1.29 is 8.42 Å². The molecule has 2 aliphatic rings. The fraction of sp³-hybridized carbons (Fsp3) is 0.700. The molecular formula is C20H33N3O2S. The van der Waals surface area contributed by atoms with Crippen molar-refractivity contribution in [3.05, 3.63) is 29.8 Å². The van der Waals surface area contributed by atoms with E-state index in [1.807, 2.05) is 12.1 Å². The molecule has 146 valence electrons. The van der Waals surface area contributed by atoms with E-state index in [1.165, 1.54) is 18.4 Å². The van der Waals surface area contributed by atoms with Crippen LogP contribution in [0.1, 0.15) is 51.0 Å². The lowest BCUT2D eigenvalue weighted by molar-refractivity contribution is 0.231. The van der Waals surface area contributed by atoms with Gasteiger partial charge in [0.1, 0.15) is 0 Å². The zero-order chi connectivity index (χ0) is 18.6. The van der Waals surface area contributed by atoms with Crippen molar-refractivity contribution in [3.8, 4) is 0 Å². The minimum Gasteiger partial charge on any atom is -0.315 e. The van der Waals surface area contributed by atoms with Crippen LogP contribution in [0.4, 0.5) is 0 Å². The highest BCUT2D eigenvalue weighted by Crippen LogP contribution is 2.24. The zero-order valence-electron chi connectivity index (χ0n) is 16.2. The van der Waals surface area contributed by atoms with Crippen molar-refractivity contribution in [3.63, 3.8) is 0 Å². The molecule has 0 bridgehead atoms. The van der Waals surface area contributed by atoms with E-state index in [9.17, 15) is 8.42 Å². The van der Waals surface area contributed by atoms with Gasteiger partial charge in [-0.3, -0.25) is 0 Å². The smallest absolute Gasteiger partial charge is 0.243 e. The summed E-state index contributed by atoms with van der Waals surface area (Å²) < 4.78 is 28.6. The number of hydrogen-bond acceptors (Lipinski definition) is 4. The van der Waals surface area contributed by atoms with Gasteiger partial charge in [0.25, 0.3) is 0 Å². The van der Waals surface area contributed by atoms with Gasteiger partial charge in [-0.25, -0.2) is 8.42 Å². The van der Waals surface area contributed by atoms with Crippen LogP contribution in [0.15, 0.2) is 29.2 Å². The number of sulfonamides is 1. The number of benzene rings is 1. The number of likely N-dealkylation sites (tertiary alicyclic amines) is 1. The average Bonchev–Trinajstić information content (AvgIpc) is 3.16. The van der Waals surface area contributed by atoms with Gasteiger partial charge in [-0.05, 0) is 68.9 Å². The van der Waals surface area contributed by atoms with Crippen molar-refractivity contribution >= 4 is 10.0 Å². The predicted octanol–water partition coefficient (Wildman–Crippen LogP) is 2.65. The Morgan fingerprint density at radius 2 is 1.85 bits per heavy atom. The second-order valence-electron chi connectivity index (χ2n) is 7.89. The molecule has 1 aromatic carbocycles. The first kappa shape index (κ1) is 19.8. The average molecular weight is 380 g/mol. The highest BCUT2D eigenvalue weighted by Gasteiger charge is 2.32. The highest BCUT2D eigenvalue weighted by molar-refractivity contribution is 7.89. The van der Waals surface area contributed by atoms with Gasteiger partial charge in [0.15, 0.2) is 0 Å². The Morgan fingerprint density at radius 3 is 2.42 bits per heavy atom. The van der Waals surface area contributed by atoms with Gasteiger partial charge in [-0.2, -0.15) is 4.31 Å². The molecule has 0 amide bonds. The highest BCUT2D eigenvalue weighted by atomic mass is 32.2. The van der Waals surface area contributed by atoms with Gasteiger partial charge in [-0.1, -0.05) is 26.0 Å². The van der Waals surface area contributed by atoms with E-state index in [1.54, 1.807) is 16.4 Å². The molecule has 5 nitrogen and oxygen atoms in total. The Morgan fingerprint density at radius 1 is 1.15 bits per heavy atom. The molecule has 0 spiro atoms. The number of hydrogen-bond donors (Lipinski definition) is 1. The summed E-state index contributed by atoms with van der Waals surface area (Å²) in [7, 11) is -3.47.